The molecule has 0 saturated heterocycles. The van der Waals surface area contributed by atoms with E-state index in [4.69, 9.17) is 0 Å². The molecule has 25 heavy (non-hydrogen) atoms. The summed E-state index contributed by atoms with van der Waals surface area (Å²) in [5.74, 6) is 0.567. The van der Waals surface area contributed by atoms with Gasteiger partial charge < -0.3 is 4.57 Å². The second-order valence-electron chi connectivity index (χ2n) is 5.41. The maximum absolute atomic E-state index is 4.43. The third-order valence-corrected chi connectivity index (χ3v) is 3.67. The maximum Gasteiger partial charge on any atom is 0.177 e. The number of anilines is 1. The molecule has 0 fully saturated rings. The van der Waals surface area contributed by atoms with Gasteiger partial charge >= 0.3 is 0 Å². The zero-order valence-electron chi connectivity index (χ0n) is 13.3. The molecule has 0 amide bonds. The monoisotopic (exact) mass is 329 g/mol. The Hall–Kier alpha value is -3.61. The van der Waals surface area contributed by atoms with Gasteiger partial charge in [0.2, 0.25) is 0 Å². The van der Waals surface area contributed by atoms with Crippen molar-refractivity contribution < 1.29 is 0 Å². The fourth-order valence-corrected chi connectivity index (χ4v) is 2.48. The number of hydrogen-bond acceptors (Lipinski definition) is 6. The van der Waals surface area contributed by atoms with Crippen LogP contribution in [0.15, 0.2) is 72.6 Å². The Morgan fingerprint density at radius 2 is 1.96 bits per heavy atom. The normalized spacial score (nSPS) is 11.2. The van der Waals surface area contributed by atoms with Crippen LogP contribution in [-0.4, -0.2) is 30.7 Å². The highest BCUT2D eigenvalue weighted by Crippen LogP contribution is 2.18. The molecule has 0 aliphatic carbocycles. The van der Waals surface area contributed by atoms with Crippen LogP contribution in [0.4, 0.5) is 5.82 Å². The molecule has 0 aliphatic heterocycles. The van der Waals surface area contributed by atoms with Crippen LogP contribution in [0.5, 0.6) is 0 Å². The van der Waals surface area contributed by atoms with Crippen LogP contribution < -0.4 is 5.43 Å². The molecule has 7 heteroatoms. The van der Waals surface area contributed by atoms with E-state index in [2.05, 4.69) is 42.6 Å². The largest absolute Gasteiger partial charge is 0.311 e. The van der Waals surface area contributed by atoms with Gasteiger partial charge in [0.15, 0.2) is 17.0 Å². The molecule has 1 aromatic carbocycles. The second-order valence-corrected chi connectivity index (χ2v) is 5.41. The van der Waals surface area contributed by atoms with Gasteiger partial charge in [0.1, 0.15) is 6.33 Å². The van der Waals surface area contributed by atoms with Crippen molar-refractivity contribution in [3.05, 3.63) is 78.6 Å². The first kappa shape index (κ1) is 14.9. The van der Waals surface area contributed by atoms with Gasteiger partial charge in [-0.1, -0.05) is 36.4 Å². The van der Waals surface area contributed by atoms with Crippen LogP contribution >= 0.6 is 0 Å². The molecule has 1 N–H and O–H groups in total. The van der Waals surface area contributed by atoms with Gasteiger partial charge in [-0.05, 0) is 11.6 Å². The first-order valence-electron chi connectivity index (χ1n) is 7.79. The molecule has 0 bridgehead atoms. The molecule has 0 atom stereocenters. The molecular formula is C18H15N7. The van der Waals surface area contributed by atoms with Crippen molar-refractivity contribution in [1.82, 2.24) is 24.5 Å². The number of rotatable bonds is 5. The Kier molecular flexibility index (Phi) is 4.11. The van der Waals surface area contributed by atoms with Gasteiger partial charge in [0.05, 0.1) is 19.1 Å². The van der Waals surface area contributed by atoms with E-state index in [-0.39, 0.29) is 0 Å². The maximum atomic E-state index is 4.43. The van der Waals surface area contributed by atoms with E-state index in [1.54, 1.807) is 24.9 Å². The van der Waals surface area contributed by atoms with Crippen LogP contribution in [0.2, 0.25) is 0 Å². The number of pyridine rings is 1. The van der Waals surface area contributed by atoms with E-state index < -0.39 is 0 Å². The van der Waals surface area contributed by atoms with Crippen molar-refractivity contribution in [2.45, 2.75) is 6.54 Å². The lowest BCUT2D eigenvalue weighted by Gasteiger charge is -2.04. The first-order chi connectivity index (χ1) is 12.4. The van der Waals surface area contributed by atoms with E-state index in [9.17, 15) is 0 Å². The van der Waals surface area contributed by atoms with Crippen LogP contribution in [0.1, 0.15) is 11.1 Å². The number of nitrogens with zero attached hydrogens (tertiary/aromatic N) is 6. The fourth-order valence-electron chi connectivity index (χ4n) is 2.48. The lowest BCUT2D eigenvalue weighted by atomic mass is 10.2. The minimum atomic E-state index is 0.567. The number of hydrogen-bond donors (Lipinski definition) is 1. The summed E-state index contributed by atoms with van der Waals surface area (Å²) in [6.07, 6.45) is 8.41. The highest BCUT2D eigenvalue weighted by molar-refractivity contribution is 5.84. The molecule has 0 saturated carbocycles. The molecule has 4 rings (SSSR count). The number of hydrazone groups is 1. The smallest absolute Gasteiger partial charge is 0.177 e. The molecule has 4 aromatic rings. The zero-order chi connectivity index (χ0) is 16.9. The number of benzene rings is 1. The Morgan fingerprint density at radius 3 is 2.80 bits per heavy atom. The molecule has 0 spiro atoms. The van der Waals surface area contributed by atoms with E-state index in [0.717, 1.165) is 11.2 Å². The van der Waals surface area contributed by atoms with E-state index >= 15 is 0 Å². The minimum Gasteiger partial charge on any atom is -0.311 e. The Balaban J connectivity index is 1.57. The highest BCUT2D eigenvalue weighted by atomic mass is 15.3. The third kappa shape index (κ3) is 3.35. The van der Waals surface area contributed by atoms with E-state index in [1.807, 2.05) is 34.9 Å². The summed E-state index contributed by atoms with van der Waals surface area (Å²) < 4.78 is 1.99. The van der Waals surface area contributed by atoms with Crippen molar-refractivity contribution in [2.24, 2.45) is 5.10 Å². The summed E-state index contributed by atoms with van der Waals surface area (Å²) >= 11 is 0. The average Bonchev–Trinajstić information content (AvgIpc) is 3.07. The summed E-state index contributed by atoms with van der Waals surface area (Å²) in [4.78, 5) is 17.1. The van der Waals surface area contributed by atoms with Crippen LogP contribution in [0, 0.1) is 0 Å². The Morgan fingerprint density at radius 1 is 1.04 bits per heavy atom. The van der Waals surface area contributed by atoms with Gasteiger partial charge in [-0.25, -0.2) is 15.0 Å². The van der Waals surface area contributed by atoms with Crippen molar-refractivity contribution in [3.8, 4) is 0 Å². The van der Waals surface area contributed by atoms with Crippen molar-refractivity contribution in [1.29, 1.82) is 0 Å². The number of aromatic nitrogens is 5. The molecule has 0 unspecified atom stereocenters. The van der Waals surface area contributed by atoms with Crippen LogP contribution in [-0.2, 0) is 6.54 Å². The Labute approximate surface area is 144 Å². The summed E-state index contributed by atoms with van der Waals surface area (Å²) in [6.45, 7) is 0.701. The first-order valence-corrected chi connectivity index (χ1v) is 7.79. The van der Waals surface area contributed by atoms with E-state index in [0.29, 0.717) is 17.9 Å². The molecule has 0 aliphatic rings. The third-order valence-electron chi connectivity index (χ3n) is 3.67. The Bertz CT molecular complexity index is 994. The topological polar surface area (TPSA) is 80.9 Å². The molecule has 7 nitrogen and oxygen atoms in total. The predicted octanol–water partition coefficient (Wildman–Crippen LogP) is 2.72. The number of fused-ring (bicyclic) bond motifs is 1. The number of imidazole rings is 1. The number of nitrogens with one attached hydrogen (secondary N) is 1. The quantitative estimate of drug-likeness (QED) is 0.450. The standard InChI is InChI=1S/C18H15N7/c1-2-5-14(6-3-1)11-25-13-22-16-17(20-12-21-18(16)25)24-23-10-15-7-4-8-19-9-15/h1-10,12-13H,11H2,(H,20,21,24)/b23-10-. The molecule has 3 aromatic heterocycles. The average molecular weight is 329 g/mol. The predicted molar refractivity (Wildman–Crippen MR) is 96.3 cm³/mol. The van der Waals surface area contributed by atoms with E-state index in [1.165, 1.54) is 11.9 Å². The van der Waals surface area contributed by atoms with Gasteiger partial charge in [-0.2, -0.15) is 5.10 Å². The highest BCUT2D eigenvalue weighted by Gasteiger charge is 2.09. The van der Waals surface area contributed by atoms with Crippen LogP contribution in [0.25, 0.3) is 11.2 Å². The second kappa shape index (κ2) is 6.88. The molecule has 3 heterocycles. The lowest BCUT2D eigenvalue weighted by molar-refractivity contribution is 0.813. The molecular weight excluding hydrogens is 314 g/mol. The lowest BCUT2D eigenvalue weighted by Crippen LogP contribution is -2.00. The minimum absolute atomic E-state index is 0.567. The summed E-state index contributed by atoms with van der Waals surface area (Å²) in [5, 5.41) is 4.20. The summed E-state index contributed by atoms with van der Waals surface area (Å²) in [6, 6.07) is 14.0. The van der Waals surface area contributed by atoms with Crippen LogP contribution in [0.3, 0.4) is 0 Å². The van der Waals surface area contributed by atoms with Crippen molar-refractivity contribution in [2.75, 3.05) is 5.43 Å². The summed E-state index contributed by atoms with van der Waals surface area (Å²) in [7, 11) is 0. The summed E-state index contributed by atoms with van der Waals surface area (Å²) in [5.41, 5.74) is 6.46. The van der Waals surface area contributed by atoms with Crippen molar-refractivity contribution >= 4 is 23.2 Å². The fraction of sp³-hybridized carbons (Fsp3) is 0.0556. The SMILES string of the molecule is C(=N/Nc1ncnc2c1ncn2Cc1ccccc1)/c1cccnc1. The van der Waals surface area contributed by atoms with Gasteiger partial charge in [-0.15, -0.1) is 0 Å². The molecule has 122 valence electrons. The van der Waals surface area contributed by atoms with Crippen molar-refractivity contribution in [3.63, 3.8) is 0 Å². The molecule has 0 radical (unpaired) electrons. The van der Waals surface area contributed by atoms with Gasteiger partial charge in [-0.3, -0.25) is 10.4 Å². The van der Waals surface area contributed by atoms with Gasteiger partial charge in [0.25, 0.3) is 0 Å². The zero-order valence-corrected chi connectivity index (χ0v) is 13.3. The van der Waals surface area contributed by atoms with Gasteiger partial charge in [0, 0.05) is 18.0 Å².